The number of aliphatic hydroxyl groups excluding tert-OH is 2. The van der Waals surface area contributed by atoms with Crippen LogP contribution < -0.4 is 5.73 Å². The zero-order valence-corrected chi connectivity index (χ0v) is 7.50. The number of nitrogens with two attached hydrogens (primary N) is 1. The molecule has 4 N–H and O–H groups in total. The summed E-state index contributed by atoms with van der Waals surface area (Å²) in [6, 6.07) is 4.62. The first-order chi connectivity index (χ1) is 6.69. The van der Waals surface area contributed by atoms with Crippen LogP contribution in [0.1, 0.15) is 22.3 Å². The van der Waals surface area contributed by atoms with Gasteiger partial charge in [0.05, 0.1) is 11.8 Å². The summed E-state index contributed by atoms with van der Waals surface area (Å²) in [7, 11) is 0. The normalized spacial score (nSPS) is 14.8. The van der Waals surface area contributed by atoms with Gasteiger partial charge in [-0.15, -0.1) is 0 Å². The molecule has 5 heteroatoms. The monoisotopic (exact) mass is 196 g/mol. The summed E-state index contributed by atoms with van der Waals surface area (Å²) >= 11 is 0. The van der Waals surface area contributed by atoms with E-state index in [4.69, 9.17) is 5.73 Å². The molecular weight excluding hydrogens is 184 g/mol. The van der Waals surface area contributed by atoms with Crippen LogP contribution in [-0.4, -0.2) is 34.1 Å². The van der Waals surface area contributed by atoms with Gasteiger partial charge in [0.25, 0.3) is 0 Å². The van der Waals surface area contributed by atoms with Gasteiger partial charge in [0.1, 0.15) is 11.8 Å². The first-order valence-corrected chi connectivity index (χ1v) is 4.17. The van der Waals surface area contributed by atoms with Crippen LogP contribution in [0.3, 0.4) is 0 Å². The molecule has 0 spiro atoms. The minimum atomic E-state index is -1.15. The topological polar surface area (TPSA) is 96.4 Å². The quantitative estimate of drug-likeness (QED) is 0.550. The van der Waals surface area contributed by atoms with Gasteiger partial charge in [-0.2, -0.15) is 0 Å². The molecule has 2 unspecified atom stereocenters. The van der Waals surface area contributed by atoms with Crippen LogP contribution in [0.5, 0.6) is 0 Å². The minimum Gasteiger partial charge on any atom is -0.389 e. The average molecular weight is 196 g/mol. The van der Waals surface area contributed by atoms with Crippen molar-refractivity contribution in [3.05, 3.63) is 29.6 Å². The van der Waals surface area contributed by atoms with E-state index in [2.05, 4.69) is 4.98 Å². The Labute approximate surface area is 81.2 Å². The summed E-state index contributed by atoms with van der Waals surface area (Å²) in [5.41, 5.74) is 5.63. The van der Waals surface area contributed by atoms with Gasteiger partial charge in [0, 0.05) is 6.54 Å². The standard InChI is InChI=1S/C9H12N2O3/c10-4-8(13)9(14)7-3-1-2-6(5-12)11-7/h1-3,5,8-9,13-14H,4,10H2. The van der Waals surface area contributed by atoms with Crippen molar-refractivity contribution in [3.63, 3.8) is 0 Å². The Hall–Kier alpha value is -1.30. The molecule has 0 aliphatic rings. The maximum absolute atomic E-state index is 10.4. The highest BCUT2D eigenvalue weighted by Crippen LogP contribution is 2.13. The van der Waals surface area contributed by atoms with Crippen molar-refractivity contribution in [3.8, 4) is 0 Å². The molecule has 2 atom stereocenters. The van der Waals surface area contributed by atoms with Gasteiger partial charge in [-0.1, -0.05) is 6.07 Å². The van der Waals surface area contributed by atoms with E-state index >= 15 is 0 Å². The molecule has 0 aliphatic heterocycles. The zero-order valence-electron chi connectivity index (χ0n) is 7.50. The van der Waals surface area contributed by atoms with Gasteiger partial charge in [-0.25, -0.2) is 4.98 Å². The van der Waals surface area contributed by atoms with Crippen LogP contribution >= 0.6 is 0 Å². The fourth-order valence-electron chi connectivity index (χ4n) is 1.03. The summed E-state index contributed by atoms with van der Waals surface area (Å²) in [5.74, 6) is 0. The van der Waals surface area contributed by atoms with Gasteiger partial charge in [-0.3, -0.25) is 4.79 Å². The molecule has 0 saturated heterocycles. The van der Waals surface area contributed by atoms with Crippen molar-refractivity contribution >= 4 is 6.29 Å². The SMILES string of the molecule is NCC(O)C(O)c1cccc(C=O)n1. The van der Waals surface area contributed by atoms with Gasteiger partial charge in [0.2, 0.25) is 0 Å². The highest BCUT2D eigenvalue weighted by molar-refractivity contribution is 5.71. The lowest BCUT2D eigenvalue weighted by Gasteiger charge is -2.15. The lowest BCUT2D eigenvalue weighted by Crippen LogP contribution is -2.27. The fraction of sp³-hybridized carbons (Fsp3) is 0.333. The third-order valence-electron chi connectivity index (χ3n) is 1.82. The largest absolute Gasteiger partial charge is 0.389 e. The number of hydrogen-bond donors (Lipinski definition) is 3. The molecule has 1 aromatic heterocycles. The van der Waals surface area contributed by atoms with E-state index in [0.717, 1.165) is 0 Å². The van der Waals surface area contributed by atoms with Crippen LogP contribution in [-0.2, 0) is 0 Å². The molecule has 0 fully saturated rings. The molecule has 0 radical (unpaired) electrons. The number of rotatable bonds is 4. The Kier molecular flexibility index (Phi) is 3.70. The molecule has 0 amide bonds. The molecule has 0 aliphatic carbocycles. The maximum atomic E-state index is 10.4. The molecule has 1 heterocycles. The number of carbonyl (C=O) groups is 1. The van der Waals surface area contributed by atoms with E-state index < -0.39 is 12.2 Å². The predicted molar refractivity (Wildman–Crippen MR) is 49.6 cm³/mol. The van der Waals surface area contributed by atoms with Crippen molar-refractivity contribution in [1.29, 1.82) is 0 Å². The molecule has 5 nitrogen and oxygen atoms in total. The minimum absolute atomic E-state index is 0.0613. The first kappa shape index (κ1) is 10.8. The van der Waals surface area contributed by atoms with Gasteiger partial charge < -0.3 is 15.9 Å². The van der Waals surface area contributed by atoms with E-state index in [0.29, 0.717) is 6.29 Å². The van der Waals surface area contributed by atoms with E-state index in [1.165, 1.54) is 12.1 Å². The van der Waals surface area contributed by atoms with Crippen molar-refractivity contribution in [2.24, 2.45) is 5.73 Å². The molecule has 76 valence electrons. The van der Waals surface area contributed by atoms with Crippen LogP contribution in [0.25, 0.3) is 0 Å². The highest BCUT2D eigenvalue weighted by Gasteiger charge is 2.17. The molecular formula is C9H12N2O3. The number of carbonyl (C=O) groups excluding carboxylic acids is 1. The molecule has 0 bridgehead atoms. The fourth-order valence-corrected chi connectivity index (χ4v) is 1.03. The highest BCUT2D eigenvalue weighted by atomic mass is 16.3. The number of pyridine rings is 1. The molecule has 0 aromatic carbocycles. The number of hydrogen-bond acceptors (Lipinski definition) is 5. The number of aliphatic hydroxyl groups is 2. The first-order valence-electron chi connectivity index (χ1n) is 4.17. The summed E-state index contributed by atoms with van der Waals surface area (Å²) in [4.78, 5) is 14.2. The van der Waals surface area contributed by atoms with E-state index in [9.17, 15) is 15.0 Å². The zero-order chi connectivity index (χ0) is 10.6. The van der Waals surface area contributed by atoms with Gasteiger partial charge in [0.15, 0.2) is 6.29 Å². The second-order valence-corrected chi connectivity index (χ2v) is 2.85. The van der Waals surface area contributed by atoms with Crippen LogP contribution in [0.2, 0.25) is 0 Å². The molecule has 1 aromatic rings. The number of aldehydes is 1. The summed E-state index contributed by atoms with van der Waals surface area (Å²) in [6.07, 6.45) is -1.64. The maximum Gasteiger partial charge on any atom is 0.168 e. The van der Waals surface area contributed by atoms with E-state index in [-0.39, 0.29) is 17.9 Å². The van der Waals surface area contributed by atoms with Crippen molar-refractivity contribution < 1.29 is 15.0 Å². The predicted octanol–water partition coefficient (Wildman–Crippen LogP) is -0.753. The van der Waals surface area contributed by atoms with Crippen molar-refractivity contribution in [2.45, 2.75) is 12.2 Å². The molecule has 1 rings (SSSR count). The molecule has 14 heavy (non-hydrogen) atoms. The smallest absolute Gasteiger partial charge is 0.168 e. The Morgan fingerprint density at radius 1 is 1.50 bits per heavy atom. The van der Waals surface area contributed by atoms with Crippen molar-refractivity contribution in [1.82, 2.24) is 4.98 Å². The molecule has 0 saturated carbocycles. The van der Waals surface area contributed by atoms with Crippen LogP contribution in [0.15, 0.2) is 18.2 Å². The van der Waals surface area contributed by atoms with Crippen molar-refractivity contribution in [2.75, 3.05) is 6.54 Å². The third kappa shape index (κ3) is 2.35. The van der Waals surface area contributed by atoms with E-state index in [1.807, 2.05) is 0 Å². The Morgan fingerprint density at radius 3 is 2.79 bits per heavy atom. The second-order valence-electron chi connectivity index (χ2n) is 2.85. The average Bonchev–Trinajstić information content (AvgIpc) is 2.27. The van der Waals surface area contributed by atoms with Gasteiger partial charge in [-0.05, 0) is 12.1 Å². The second kappa shape index (κ2) is 4.80. The van der Waals surface area contributed by atoms with Gasteiger partial charge >= 0.3 is 0 Å². The third-order valence-corrected chi connectivity index (χ3v) is 1.82. The summed E-state index contributed by atoms with van der Waals surface area (Å²) < 4.78 is 0. The lowest BCUT2D eigenvalue weighted by atomic mass is 10.1. The summed E-state index contributed by atoms with van der Waals surface area (Å²) in [6.45, 7) is -0.0613. The number of aromatic nitrogens is 1. The van der Waals surface area contributed by atoms with Crippen LogP contribution in [0, 0.1) is 0 Å². The lowest BCUT2D eigenvalue weighted by molar-refractivity contribution is 0.0216. The van der Waals surface area contributed by atoms with Crippen LogP contribution in [0.4, 0.5) is 0 Å². The van der Waals surface area contributed by atoms with E-state index in [1.54, 1.807) is 6.07 Å². The Balaban J connectivity index is 2.89. The summed E-state index contributed by atoms with van der Waals surface area (Å²) in [5, 5.41) is 18.7. The number of nitrogens with zero attached hydrogens (tertiary/aromatic N) is 1. The Bertz CT molecular complexity index is 317. The Morgan fingerprint density at radius 2 is 2.21 bits per heavy atom.